The maximum Gasteiger partial charge on any atom is 0.422 e. The molecule has 49 heavy (non-hydrogen) atoms. The molecule has 5 rings (SSSR count). The van der Waals surface area contributed by atoms with E-state index in [1.807, 2.05) is 26.0 Å². The fourth-order valence-corrected chi connectivity index (χ4v) is 5.08. The molecule has 5 N–H and O–H groups in total. The number of aromatic nitrogens is 4. The zero-order valence-electron chi connectivity index (χ0n) is 26.2. The number of carbonyl (C=O) groups is 3. The third-order valence-corrected chi connectivity index (χ3v) is 8.14. The molecule has 2 heterocycles. The molecule has 0 bridgehead atoms. The number of rotatable bonds is 13. The Kier molecular flexibility index (Phi) is 10.5. The van der Waals surface area contributed by atoms with Gasteiger partial charge in [-0.05, 0) is 60.2 Å². The highest BCUT2D eigenvalue weighted by Crippen LogP contribution is 2.48. The van der Waals surface area contributed by atoms with E-state index in [2.05, 4.69) is 46.5 Å². The Hall–Kier alpha value is -5.03. The number of hydrogen-bond donors (Lipinski definition) is 5. The average Bonchev–Trinajstić information content (AvgIpc) is 3.64. The average molecular weight is 718 g/mol. The van der Waals surface area contributed by atoms with Gasteiger partial charge in [0.25, 0.3) is 5.91 Å². The number of amides is 3. The van der Waals surface area contributed by atoms with Gasteiger partial charge in [0.15, 0.2) is 11.7 Å². The van der Waals surface area contributed by atoms with E-state index in [1.54, 1.807) is 29.6 Å². The van der Waals surface area contributed by atoms with Gasteiger partial charge in [-0.1, -0.05) is 37.6 Å². The highest BCUT2D eigenvalue weighted by Gasteiger charge is 2.45. The predicted octanol–water partition coefficient (Wildman–Crippen LogP) is 5.28. The Morgan fingerprint density at radius 3 is 2.22 bits per heavy atom. The second-order valence-corrected chi connectivity index (χ2v) is 13.2. The van der Waals surface area contributed by atoms with Crippen molar-refractivity contribution in [3.05, 3.63) is 76.3 Å². The van der Waals surface area contributed by atoms with E-state index in [-0.39, 0.29) is 30.9 Å². The van der Waals surface area contributed by atoms with Crippen LogP contribution in [0.3, 0.4) is 0 Å². The Labute approximate surface area is 287 Å². The molecule has 3 amide bonds. The quantitative estimate of drug-likeness (QED) is 0.115. The standard InChI is InChI=1S/C31H31ClF3N9O4S/c1-29(2,16-38-23(46)24(47)40-28-36-13-14-49-28)15-37-22(45)18-3-9-21(10-4-18)39-25-41-26(43-27(42-25)48-17-31(33,34)35)44-30(11-12-30)19-5-7-20(32)8-6-19/h3-10,13-14H,11-12,15-17H2,1-2H3,(H,37,45)(H,38,46)(H,36,40,47)(H2,39,41,42,43,44). The Morgan fingerprint density at radius 2 is 1.59 bits per heavy atom. The molecule has 1 saturated carbocycles. The summed E-state index contributed by atoms with van der Waals surface area (Å²) < 4.78 is 43.5. The Balaban J connectivity index is 1.19. The lowest BCUT2D eigenvalue weighted by atomic mass is 9.93. The minimum atomic E-state index is -4.60. The van der Waals surface area contributed by atoms with Gasteiger partial charge in [0.05, 0.1) is 5.54 Å². The van der Waals surface area contributed by atoms with E-state index in [1.165, 1.54) is 29.7 Å². The maximum atomic E-state index is 12.9. The monoisotopic (exact) mass is 717 g/mol. The summed E-state index contributed by atoms with van der Waals surface area (Å²) in [5.41, 5.74) is 0.557. The fraction of sp³-hybridized carbons (Fsp3) is 0.323. The van der Waals surface area contributed by atoms with Crippen molar-refractivity contribution in [2.45, 2.75) is 38.4 Å². The summed E-state index contributed by atoms with van der Waals surface area (Å²) in [5, 5.41) is 16.4. The molecule has 0 spiro atoms. The molecule has 0 saturated heterocycles. The van der Waals surface area contributed by atoms with Crippen LogP contribution in [0.25, 0.3) is 0 Å². The summed E-state index contributed by atoms with van der Waals surface area (Å²) >= 11 is 7.20. The molecule has 0 atom stereocenters. The first kappa shape index (κ1) is 35.3. The van der Waals surface area contributed by atoms with Crippen LogP contribution in [0.4, 0.5) is 35.9 Å². The third kappa shape index (κ3) is 10.2. The number of thiazole rings is 1. The summed E-state index contributed by atoms with van der Waals surface area (Å²) in [7, 11) is 0. The number of hydrogen-bond acceptors (Lipinski definition) is 11. The fourth-order valence-electron chi connectivity index (χ4n) is 4.43. The maximum absolute atomic E-state index is 12.9. The molecular weight excluding hydrogens is 687 g/mol. The van der Waals surface area contributed by atoms with E-state index in [9.17, 15) is 27.6 Å². The topological polar surface area (TPSA) is 172 Å². The van der Waals surface area contributed by atoms with Crippen molar-refractivity contribution in [1.29, 1.82) is 0 Å². The molecule has 2 aromatic carbocycles. The largest absolute Gasteiger partial charge is 0.454 e. The van der Waals surface area contributed by atoms with Crippen LogP contribution in [0.5, 0.6) is 6.01 Å². The number of nitrogens with zero attached hydrogens (tertiary/aromatic N) is 4. The van der Waals surface area contributed by atoms with Crippen LogP contribution in [0.15, 0.2) is 60.1 Å². The van der Waals surface area contributed by atoms with Gasteiger partial charge in [0, 0.05) is 40.9 Å². The molecule has 1 aliphatic carbocycles. The third-order valence-electron chi connectivity index (χ3n) is 7.19. The molecular formula is C31H31ClF3N9O4S. The lowest BCUT2D eigenvalue weighted by Crippen LogP contribution is -2.44. The van der Waals surface area contributed by atoms with Gasteiger partial charge < -0.3 is 26.0 Å². The number of anilines is 4. The first-order valence-corrected chi connectivity index (χ1v) is 16.1. The lowest BCUT2D eigenvalue weighted by molar-refractivity contribution is -0.154. The Bertz CT molecular complexity index is 1790. The van der Waals surface area contributed by atoms with Crippen molar-refractivity contribution in [2.24, 2.45) is 5.41 Å². The molecule has 18 heteroatoms. The highest BCUT2D eigenvalue weighted by molar-refractivity contribution is 7.13. The summed E-state index contributed by atoms with van der Waals surface area (Å²) in [5.74, 6) is -2.13. The second kappa shape index (κ2) is 14.6. The minimum Gasteiger partial charge on any atom is -0.454 e. The van der Waals surface area contributed by atoms with Crippen LogP contribution in [-0.2, 0) is 15.1 Å². The van der Waals surface area contributed by atoms with E-state index in [0.717, 1.165) is 18.4 Å². The van der Waals surface area contributed by atoms with Crippen molar-refractivity contribution in [1.82, 2.24) is 30.6 Å². The molecule has 4 aromatic rings. The number of benzene rings is 2. The van der Waals surface area contributed by atoms with Crippen LogP contribution in [-0.4, -0.2) is 63.5 Å². The molecule has 0 unspecified atom stereocenters. The predicted molar refractivity (Wildman–Crippen MR) is 177 cm³/mol. The second-order valence-electron chi connectivity index (χ2n) is 11.9. The van der Waals surface area contributed by atoms with Crippen LogP contribution in [0.2, 0.25) is 5.02 Å². The van der Waals surface area contributed by atoms with Crippen molar-refractivity contribution < 1.29 is 32.3 Å². The summed E-state index contributed by atoms with van der Waals surface area (Å²) in [4.78, 5) is 53.4. The Morgan fingerprint density at radius 1 is 0.918 bits per heavy atom. The first-order chi connectivity index (χ1) is 23.2. The van der Waals surface area contributed by atoms with Gasteiger partial charge in [-0.25, -0.2) is 4.98 Å². The molecule has 0 radical (unpaired) electrons. The van der Waals surface area contributed by atoms with Gasteiger partial charge in [0.1, 0.15) is 0 Å². The molecule has 258 valence electrons. The summed E-state index contributed by atoms with van der Waals surface area (Å²) in [6, 6.07) is 12.9. The smallest absolute Gasteiger partial charge is 0.422 e. The van der Waals surface area contributed by atoms with Gasteiger partial charge >= 0.3 is 24.0 Å². The highest BCUT2D eigenvalue weighted by atomic mass is 35.5. The van der Waals surface area contributed by atoms with Crippen LogP contribution < -0.4 is 31.3 Å². The van der Waals surface area contributed by atoms with Gasteiger partial charge in [-0.3, -0.25) is 19.7 Å². The normalized spacial score (nSPS) is 13.6. The van der Waals surface area contributed by atoms with E-state index < -0.39 is 41.6 Å². The van der Waals surface area contributed by atoms with Gasteiger partial charge in [0.2, 0.25) is 11.9 Å². The zero-order chi connectivity index (χ0) is 35.2. The number of halogens is 4. The van der Waals surface area contributed by atoms with E-state index in [0.29, 0.717) is 21.4 Å². The number of ether oxygens (including phenoxy) is 1. The van der Waals surface area contributed by atoms with Crippen LogP contribution in [0, 0.1) is 5.41 Å². The number of nitrogens with one attached hydrogen (secondary N) is 5. The van der Waals surface area contributed by atoms with Gasteiger partial charge in [-0.2, -0.15) is 28.1 Å². The zero-order valence-corrected chi connectivity index (χ0v) is 27.7. The molecule has 1 fully saturated rings. The van der Waals surface area contributed by atoms with Crippen molar-refractivity contribution in [2.75, 3.05) is 35.6 Å². The minimum absolute atomic E-state index is 0.0112. The van der Waals surface area contributed by atoms with E-state index >= 15 is 0 Å². The van der Waals surface area contributed by atoms with Gasteiger partial charge in [-0.15, -0.1) is 11.3 Å². The summed E-state index contributed by atoms with van der Waals surface area (Å²) in [6.45, 7) is 2.32. The SMILES string of the molecule is CC(C)(CNC(=O)C(=O)Nc1nccs1)CNC(=O)c1ccc(Nc2nc(NC3(c4ccc(Cl)cc4)CC3)nc(OCC(F)(F)F)n2)cc1. The molecule has 0 aliphatic heterocycles. The number of carbonyl (C=O) groups excluding carboxylic acids is 3. The number of alkyl halides is 3. The summed E-state index contributed by atoms with van der Waals surface area (Å²) in [6.07, 6.45) is -1.63. The molecule has 13 nitrogen and oxygen atoms in total. The van der Waals surface area contributed by atoms with Crippen LogP contribution in [0.1, 0.15) is 42.6 Å². The van der Waals surface area contributed by atoms with Crippen molar-refractivity contribution in [3.8, 4) is 6.01 Å². The van der Waals surface area contributed by atoms with Crippen LogP contribution >= 0.6 is 22.9 Å². The molecule has 1 aliphatic rings. The van der Waals surface area contributed by atoms with Crippen molar-refractivity contribution in [3.63, 3.8) is 0 Å². The van der Waals surface area contributed by atoms with Crippen molar-refractivity contribution >= 4 is 63.4 Å². The molecule has 2 aromatic heterocycles. The van der Waals surface area contributed by atoms with E-state index in [4.69, 9.17) is 16.3 Å². The lowest BCUT2D eigenvalue weighted by Gasteiger charge is -2.25. The first-order valence-electron chi connectivity index (χ1n) is 14.8.